The maximum Gasteiger partial charge on any atom is 0.308 e. The maximum absolute atomic E-state index is 11.3. The summed E-state index contributed by atoms with van der Waals surface area (Å²) < 4.78 is 10.7. The Morgan fingerprint density at radius 1 is 1.19 bits per heavy atom. The molecule has 0 fully saturated rings. The van der Waals surface area contributed by atoms with Crippen LogP contribution in [0.2, 0.25) is 0 Å². The van der Waals surface area contributed by atoms with Crippen LogP contribution < -0.4 is 0 Å². The second-order valence-corrected chi connectivity index (χ2v) is 4.37. The number of esters is 1. The van der Waals surface area contributed by atoms with Gasteiger partial charge >= 0.3 is 5.97 Å². The average molecular weight is 230 g/mol. The summed E-state index contributed by atoms with van der Waals surface area (Å²) in [5.41, 5.74) is 0. The van der Waals surface area contributed by atoms with Crippen LogP contribution in [0.4, 0.5) is 0 Å². The van der Waals surface area contributed by atoms with Crippen molar-refractivity contribution in [2.45, 2.75) is 59.5 Å². The summed E-state index contributed by atoms with van der Waals surface area (Å²) in [5, 5.41) is 0. The Bertz CT molecular complexity index is 178. The normalized spacial score (nSPS) is 12.8. The average Bonchev–Trinajstić information content (AvgIpc) is 2.22. The van der Waals surface area contributed by atoms with E-state index in [1.807, 2.05) is 6.92 Å². The summed E-state index contributed by atoms with van der Waals surface area (Å²) >= 11 is 0. The SMILES string of the molecule is CCCCCOC(CC(=O)OCC)C(C)C. The number of hydrogen-bond acceptors (Lipinski definition) is 3. The Morgan fingerprint density at radius 3 is 2.38 bits per heavy atom. The van der Waals surface area contributed by atoms with Gasteiger partial charge in [-0.2, -0.15) is 0 Å². The number of rotatable bonds is 9. The van der Waals surface area contributed by atoms with Crippen molar-refractivity contribution in [2.24, 2.45) is 5.92 Å². The molecule has 0 radical (unpaired) electrons. The van der Waals surface area contributed by atoms with E-state index in [-0.39, 0.29) is 12.1 Å². The van der Waals surface area contributed by atoms with Crippen LogP contribution in [0.15, 0.2) is 0 Å². The monoisotopic (exact) mass is 230 g/mol. The first-order valence-electron chi connectivity index (χ1n) is 6.39. The van der Waals surface area contributed by atoms with E-state index in [0.717, 1.165) is 13.0 Å². The smallest absolute Gasteiger partial charge is 0.308 e. The predicted molar refractivity (Wildman–Crippen MR) is 65.4 cm³/mol. The number of unbranched alkanes of at least 4 members (excludes halogenated alkanes) is 2. The first-order valence-corrected chi connectivity index (χ1v) is 6.39. The Balaban J connectivity index is 3.83. The van der Waals surface area contributed by atoms with Gasteiger partial charge in [-0.25, -0.2) is 0 Å². The van der Waals surface area contributed by atoms with Crippen molar-refractivity contribution in [3.05, 3.63) is 0 Å². The fourth-order valence-electron chi connectivity index (χ4n) is 1.46. The van der Waals surface area contributed by atoms with Crippen molar-refractivity contribution in [3.8, 4) is 0 Å². The van der Waals surface area contributed by atoms with E-state index in [4.69, 9.17) is 9.47 Å². The van der Waals surface area contributed by atoms with Gasteiger partial charge in [-0.3, -0.25) is 4.79 Å². The molecule has 1 atom stereocenters. The number of carbonyl (C=O) groups excluding carboxylic acids is 1. The first-order chi connectivity index (χ1) is 7.61. The quantitative estimate of drug-likeness (QED) is 0.451. The summed E-state index contributed by atoms with van der Waals surface area (Å²) in [5.74, 6) is 0.197. The molecule has 0 heterocycles. The third-order valence-electron chi connectivity index (χ3n) is 2.50. The lowest BCUT2D eigenvalue weighted by molar-refractivity contribution is -0.147. The molecule has 0 aliphatic rings. The Morgan fingerprint density at radius 2 is 1.88 bits per heavy atom. The van der Waals surface area contributed by atoms with Crippen molar-refractivity contribution < 1.29 is 14.3 Å². The molecule has 96 valence electrons. The second kappa shape index (κ2) is 9.64. The minimum absolute atomic E-state index is 0.00379. The standard InChI is InChI=1S/C13H26O3/c1-5-7-8-9-16-12(11(3)4)10-13(14)15-6-2/h11-12H,5-10H2,1-4H3. The predicted octanol–water partition coefficient (Wildman–Crippen LogP) is 3.17. The van der Waals surface area contributed by atoms with Gasteiger partial charge in [0.15, 0.2) is 0 Å². The molecule has 0 aliphatic heterocycles. The zero-order chi connectivity index (χ0) is 12.4. The highest BCUT2D eigenvalue weighted by atomic mass is 16.5. The summed E-state index contributed by atoms with van der Waals surface area (Å²) in [6.07, 6.45) is 3.81. The lowest BCUT2D eigenvalue weighted by Crippen LogP contribution is -2.25. The van der Waals surface area contributed by atoms with Crippen molar-refractivity contribution in [2.75, 3.05) is 13.2 Å². The third-order valence-corrected chi connectivity index (χ3v) is 2.50. The van der Waals surface area contributed by atoms with Crippen LogP contribution in [0.5, 0.6) is 0 Å². The molecule has 16 heavy (non-hydrogen) atoms. The molecule has 0 aromatic heterocycles. The van der Waals surface area contributed by atoms with Gasteiger partial charge in [-0.15, -0.1) is 0 Å². The highest BCUT2D eigenvalue weighted by Crippen LogP contribution is 2.12. The lowest BCUT2D eigenvalue weighted by atomic mass is 10.0. The lowest BCUT2D eigenvalue weighted by Gasteiger charge is -2.20. The van der Waals surface area contributed by atoms with Gasteiger partial charge in [0.2, 0.25) is 0 Å². The fraction of sp³-hybridized carbons (Fsp3) is 0.923. The molecule has 1 unspecified atom stereocenters. The van der Waals surface area contributed by atoms with Gasteiger partial charge in [-0.05, 0) is 19.3 Å². The van der Waals surface area contributed by atoms with E-state index in [1.165, 1.54) is 12.8 Å². The minimum Gasteiger partial charge on any atom is -0.466 e. The third kappa shape index (κ3) is 7.69. The largest absolute Gasteiger partial charge is 0.466 e. The van der Waals surface area contributed by atoms with E-state index < -0.39 is 0 Å². The van der Waals surface area contributed by atoms with Crippen LogP contribution in [0.3, 0.4) is 0 Å². The van der Waals surface area contributed by atoms with Gasteiger partial charge in [0, 0.05) is 6.61 Å². The summed E-state index contributed by atoms with van der Waals surface area (Å²) in [6.45, 7) is 9.33. The molecule has 0 aromatic carbocycles. The molecule has 0 rings (SSSR count). The highest BCUT2D eigenvalue weighted by molar-refractivity contribution is 5.69. The molecule has 0 aromatic rings. The molecule has 0 bridgehead atoms. The Hall–Kier alpha value is -0.570. The van der Waals surface area contributed by atoms with Gasteiger partial charge in [-0.1, -0.05) is 33.6 Å². The van der Waals surface area contributed by atoms with Crippen molar-refractivity contribution in [1.82, 2.24) is 0 Å². The molecule has 3 nitrogen and oxygen atoms in total. The molecule has 0 amide bonds. The van der Waals surface area contributed by atoms with Crippen LogP contribution in [0.1, 0.15) is 53.4 Å². The maximum atomic E-state index is 11.3. The zero-order valence-electron chi connectivity index (χ0n) is 11.1. The van der Waals surface area contributed by atoms with Crippen LogP contribution >= 0.6 is 0 Å². The molecular formula is C13H26O3. The van der Waals surface area contributed by atoms with E-state index >= 15 is 0 Å². The van der Waals surface area contributed by atoms with Gasteiger partial charge in [0.1, 0.15) is 0 Å². The van der Waals surface area contributed by atoms with Crippen molar-refractivity contribution >= 4 is 5.97 Å². The summed E-state index contributed by atoms with van der Waals surface area (Å²) in [6, 6.07) is 0. The molecule has 0 N–H and O–H groups in total. The number of carbonyl (C=O) groups is 1. The van der Waals surface area contributed by atoms with Gasteiger partial charge in [0.05, 0.1) is 19.1 Å². The molecule has 0 saturated carbocycles. The molecule has 0 spiro atoms. The molecular weight excluding hydrogens is 204 g/mol. The van der Waals surface area contributed by atoms with Crippen LogP contribution in [0.25, 0.3) is 0 Å². The first kappa shape index (κ1) is 15.4. The molecule has 3 heteroatoms. The Kier molecular flexibility index (Phi) is 9.30. The minimum atomic E-state index is -0.156. The summed E-state index contributed by atoms with van der Waals surface area (Å²) in [4.78, 5) is 11.3. The van der Waals surface area contributed by atoms with Gasteiger partial charge < -0.3 is 9.47 Å². The van der Waals surface area contributed by atoms with E-state index in [9.17, 15) is 4.79 Å². The van der Waals surface area contributed by atoms with Crippen LogP contribution in [-0.4, -0.2) is 25.3 Å². The second-order valence-electron chi connectivity index (χ2n) is 4.37. The van der Waals surface area contributed by atoms with E-state index in [2.05, 4.69) is 20.8 Å². The van der Waals surface area contributed by atoms with Gasteiger partial charge in [0.25, 0.3) is 0 Å². The van der Waals surface area contributed by atoms with Crippen LogP contribution in [0, 0.1) is 5.92 Å². The molecule has 0 saturated heterocycles. The zero-order valence-corrected chi connectivity index (χ0v) is 11.1. The highest BCUT2D eigenvalue weighted by Gasteiger charge is 2.18. The molecule has 0 aliphatic carbocycles. The summed E-state index contributed by atoms with van der Waals surface area (Å²) in [7, 11) is 0. The van der Waals surface area contributed by atoms with E-state index in [1.54, 1.807) is 0 Å². The van der Waals surface area contributed by atoms with Crippen molar-refractivity contribution in [3.63, 3.8) is 0 Å². The van der Waals surface area contributed by atoms with Crippen molar-refractivity contribution in [1.29, 1.82) is 0 Å². The van der Waals surface area contributed by atoms with Crippen LogP contribution in [-0.2, 0) is 14.3 Å². The fourth-order valence-corrected chi connectivity index (χ4v) is 1.46. The topological polar surface area (TPSA) is 35.5 Å². The van der Waals surface area contributed by atoms with E-state index in [0.29, 0.717) is 18.9 Å². The number of hydrogen-bond donors (Lipinski definition) is 0. The Labute approximate surface area is 99.5 Å². The number of ether oxygens (including phenoxy) is 2.